The normalized spacial score (nSPS) is 24.3. The highest BCUT2D eigenvalue weighted by Crippen LogP contribution is 2.30. The Morgan fingerprint density at radius 3 is 2.89 bits per heavy atom. The molecule has 1 aromatic rings. The minimum absolute atomic E-state index is 0.153. The Bertz CT molecular complexity index is 358. The first-order valence-corrected chi connectivity index (χ1v) is 8.07. The van der Waals surface area contributed by atoms with E-state index in [0.717, 1.165) is 39.3 Å². The summed E-state index contributed by atoms with van der Waals surface area (Å²) in [6, 6.07) is 4.88. The zero-order valence-electron chi connectivity index (χ0n) is 12.1. The Kier molecular flexibility index (Phi) is 5.39. The molecular weight excluding hydrogens is 256 g/mol. The molecule has 1 fully saturated rings. The lowest BCUT2D eigenvalue weighted by Gasteiger charge is -2.41. The highest BCUT2D eigenvalue weighted by Gasteiger charge is 2.34. The molecule has 3 nitrogen and oxygen atoms in total. The summed E-state index contributed by atoms with van der Waals surface area (Å²) >= 11 is 1.83. The Balaban J connectivity index is 2.02. The third-order valence-corrected chi connectivity index (χ3v) is 4.91. The summed E-state index contributed by atoms with van der Waals surface area (Å²) < 4.78 is 5.69. The number of hydrogen-bond acceptors (Lipinski definition) is 4. The molecule has 1 aliphatic rings. The molecule has 2 rings (SSSR count). The second-order valence-electron chi connectivity index (χ2n) is 5.94. The first kappa shape index (κ1) is 15.0. The average molecular weight is 282 g/mol. The van der Waals surface area contributed by atoms with Crippen molar-refractivity contribution in [2.75, 3.05) is 26.3 Å². The van der Waals surface area contributed by atoms with Gasteiger partial charge in [-0.2, -0.15) is 0 Å². The second-order valence-corrected chi connectivity index (χ2v) is 6.97. The van der Waals surface area contributed by atoms with Gasteiger partial charge in [0.25, 0.3) is 0 Å². The number of nitrogens with two attached hydrogens (primary N) is 1. The van der Waals surface area contributed by atoms with E-state index < -0.39 is 0 Å². The molecule has 0 amide bonds. The van der Waals surface area contributed by atoms with Gasteiger partial charge in [0.15, 0.2) is 0 Å². The van der Waals surface area contributed by atoms with E-state index in [9.17, 15) is 0 Å². The van der Waals surface area contributed by atoms with E-state index in [1.807, 2.05) is 11.3 Å². The van der Waals surface area contributed by atoms with Gasteiger partial charge >= 0.3 is 0 Å². The molecule has 19 heavy (non-hydrogen) atoms. The monoisotopic (exact) mass is 282 g/mol. The Hall–Kier alpha value is -0.420. The van der Waals surface area contributed by atoms with Gasteiger partial charge < -0.3 is 10.5 Å². The van der Waals surface area contributed by atoms with E-state index >= 15 is 0 Å². The molecule has 2 N–H and O–H groups in total. The van der Waals surface area contributed by atoms with E-state index in [-0.39, 0.29) is 5.41 Å². The molecule has 0 saturated carbocycles. The number of thiophene rings is 1. The van der Waals surface area contributed by atoms with Crippen LogP contribution in [0.5, 0.6) is 0 Å². The van der Waals surface area contributed by atoms with Crippen molar-refractivity contribution in [3.63, 3.8) is 0 Å². The van der Waals surface area contributed by atoms with Crippen molar-refractivity contribution < 1.29 is 4.74 Å². The largest absolute Gasteiger partial charge is 0.381 e. The van der Waals surface area contributed by atoms with Crippen molar-refractivity contribution in [1.82, 2.24) is 4.90 Å². The fourth-order valence-corrected chi connectivity index (χ4v) is 3.44. The predicted molar refractivity (Wildman–Crippen MR) is 81.4 cm³/mol. The minimum atomic E-state index is 0.153. The first-order valence-electron chi connectivity index (χ1n) is 7.19. The molecule has 0 aliphatic carbocycles. The van der Waals surface area contributed by atoms with Crippen LogP contribution < -0.4 is 5.73 Å². The van der Waals surface area contributed by atoms with Crippen LogP contribution in [0.15, 0.2) is 17.5 Å². The van der Waals surface area contributed by atoms with Crippen molar-refractivity contribution in [2.24, 2.45) is 11.1 Å². The van der Waals surface area contributed by atoms with Gasteiger partial charge in [-0.25, -0.2) is 0 Å². The third-order valence-electron chi connectivity index (χ3n) is 4.04. The third kappa shape index (κ3) is 4.02. The summed E-state index contributed by atoms with van der Waals surface area (Å²) in [5.41, 5.74) is 6.21. The fourth-order valence-electron chi connectivity index (χ4n) is 2.71. The average Bonchev–Trinajstić information content (AvgIpc) is 2.92. The van der Waals surface area contributed by atoms with E-state index in [2.05, 4.69) is 36.3 Å². The molecule has 2 heterocycles. The van der Waals surface area contributed by atoms with Crippen LogP contribution in [-0.2, 0) is 11.3 Å². The number of ether oxygens (including phenoxy) is 1. The number of hydrogen-bond donors (Lipinski definition) is 1. The number of rotatable bonds is 6. The molecule has 1 unspecified atom stereocenters. The SMILES string of the molecule is CC(C)N(Cc1cccs1)CC1(CN)CCCOC1. The van der Waals surface area contributed by atoms with Crippen molar-refractivity contribution in [1.29, 1.82) is 0 Å². The molecule has 108 valence electrons. The Morgan fingerprint density at radius 1 is 1.53 bits per heavy atom. The van der Waals surface area contributed by atoms with Gasteiger partial charge in [-0.3, -0.25) is 4.90 Å². The maximum atomic E-state index is 6.06. The minimum Gasteiger partial charge on any atom is -0.381 e. The van der Waals surface area contributed by atoms with Crippen LogP contribution in [0.2, 0.25) is 0 Å². The van der Waals surface area contributed by atoms with Crippen LogP contribution in [-0.4, -0.2) is 37.2 Å². The lowest BCUT2D eigenvalue weighted by Crippen LogP contribution is -2.49. The van der Waals surface area contributed by atoms with Crippen molar-refractivity contribution >= 4 is 11.3 Å². The van der Waals surface area contributed by atoms with E-state index in [0.29, 0.717) is 6.04 Å². The maximum absolute atomic E-state index is 6.06. The van der Waals surface area contributed by atoms with Gasteiger partial charge in [0.1, 0.15) is 0 Å². The van der Waals surface area contributed by atoms with Crippen LogP contribution in [0, 0.1) is 5.41 Å². The Morgan fingerprint density at radius 2 is 2.37 bits per heavy atom. The van der Waals surface area contributed by atoms with Crippen LogP contribution in [0.4, 0.5) is 0 Å². The van der Waals surface area contributed by atoms with E-state index in [1.165, 1.54) is 11.3 Å². The molecule has 1 saturated heterocycles. The smallest absolute Gasteiger partial charge is 0.0546 e. The highest BCUT2D eigenvalue weighted by atomic mass is 32.1. The summed E-state index contributed by atoms with van der Waals surface area (Å²) in [5, 5.41) is 2.15. The second kappa shape index (κ2) is 6.84. The molecule has 1 aliphatic heterocycles. The zero-order valence-corrected chi connectivity index (χ0v) is 12.9. The topological polar surface area (TPSA) is 38.5 Å². The quantitative estimate of drug-likeness (QED) is 0.872. The van der Waals surface area contributed by atoms with Gasteiger partial charge in [-0.15, -0.1) is 11.3 Å². The van der Waals surface area contributed by atoms with Gasteiger partial charge in [0.2, 0.25) is 0 Å². The van der Waals surface area contributed by atoms with Crippen molar-refractivity contribution in [3.8, 4) is 0 Å². The summed E-state index contributed by atoms with van der Waals surface area (Å²) in [4.78, 5) is 3.96. The molecule has 1 atom stereocenters. The Labute approximate surface area is 120 Å². The van der Waals surface area contributed by atoms with Crippen molar-refractivity contribution in [3.05, 3.63) is 22.4 Å². The predicted octanol–water partition coefficient (Wildman–Crippen LogP) is 2.71. The van der Waals surface area contributed by atoms with Gasteiger partial charge in [0.05, 0.1) is 6.61 Å². The molecule has 0 aromatic carbocycles. The zero-order chi connectivity index (χ0) is 13.7. The summed E-state index contributed by atoms with van der Waals surface area (Å²) in [6.07, 6.45) is 2.33. The maximum Gasteiger partial charge on any atom is 0.0546 e. The van der Waals surface area contributed by atoms with Crippen LogP contribution in [0.3, 0.4) is 0 Å². The lowest BCUT2D eigenvalue weighted by atomic mass is 9.81. The molecule has 4 heteroatoms. The van der Waals surface area contributed by atoms with E-state index in [4.69, 9.17) is 10.5 Å². The highest BCUT2D eigenvalue weighted by molar-refractivity contribution is 7.09. The van der Waals surface area contributed by atoms with Crippen LogP contribution >= 0.6 is 11.3 Å². The molecule has 0 spiro atoms. The first-order chi connectivity index (χ1) is 9.15. The summed E-state index contributed by atoms with van der Waals surface area (Å²) in [6.45, 7) is 9.03. The van der Waals surface area contributed by atoms with Gasteiger partial charge in [-0.05, 0) is 38.1 Å². The van der Waals surface area contributed by atoms with Crippen LogP contribution in [0.1, 0.15) is 31.6 Å². The lowest BCUT2D eigenvalue weighted by molar-refractivity contribution is -0.0280. The molecule has 0 bridgehead atoms. The molecule has 1 aromatic heterocycles. The van der Waals surface area contributed by atoms with E-state index in [1.54, 1.807) is 0 Å². The summed E-state index contributed by atoms with van der Waals surface area (Å²) in [7, 11) is 0. The van der Waals surface area contributed by atoms with Crippen molar-refractivity contribution in [2.45, 2.75) is 39.3 Å². The standard InChI is InChI=1S/C15H26N2OS/c1-13(2)17(9-14-5-3-8-19-14)11-15(10-16)6-4-7-18-12-15/h3,5,8,13H,4,6-7,9-12,16H2,1-2H3. The molecular formula is C15H26N2OS. The van der Waals surface area contributed by atoms with Gasteiger partial charge in [0, 0.05) is 42.6 Å². The fraction of sp³-hybridized carbons (Fsp3) is 0.733. The van der Waals surface area contributed by atoms with Crippen LogP contribution in [0.25, 0.3) is 0 Å². The van der Waals surface area contributed by atoms with Gasteiger partial charge in [-0.1, -0.05) is 6.07 Å². The summed E-state index contributed by atoms with van der Waals surface area (Å²) in [5.74, 6) is 0. The molecule has 0 radical (unpaired) electrons. The number of nitrogens with zero attached hydrogens (tertiary/aromatic N) is 1.